The third kappa shape index (κ3) is 3.95. The molecule has 0 aliphatic heterocycles. The summed E-state index contributed by atoms with van der Waals surface area (Å²) in [6.07, 6.45) is -4.35. The van der Waals surface area contributed by atoms with E-state index < -0.39 is 11.7 Å². The first-order chi connectivity index (χ1) is 7.80. The first-order valence-electron chi connectivity index (χ1n) is 5.04. The first kappa shape index (κ1) is 13.3. The highest BCUT2D eigenvalue weighted by atomic mass is 19.4. The highest BCUT2D eigenvalue weighted by Gasteiger charge is 2.29. The fourth-order valence-electron chi connectivity index (χ4n) is 1.02. The fraction of sp³-hybridized carbons (Fsp3) is 0.308. The molecule has 0 aliphatic carbocycles. The summed E-state index contributed by atoms with van der Waals surface area (Å²) in [4.78, 5) is 11.2. The number of benzene rings is 1. The van der Waals surface area contributed by atoms with Crippen LogP contribution in [0.4, 0.5) is 13.2 Å². The summed E-state index contributed by atoms with van der Waals surface area (Å²) in [5.41, 5.74) is -0.328. The molecule has 0 aromatic heterocycles. The highest BCUT2D eigenvalue weighted by molar-refractivity contribution is 5.97. The summed E-state index contributed by atoms with van der Waals surface area (Å²) >= 11 is 0. The molecular weight excluding hydrogens is 229 g/mol. The second kappa shape index (κ2) is 5.05. The van der Waals surface area contributed by atoms with Crippen LogP contribution in [0, 0.1) is 17.8 Å². The van der Waals surface area contributed by atoms with Crippen molar-refractivity contribution in [2.45, 2.75) is 20.0 Å². The van der Waals surface area contributed by atoms with Crippen molar-refractivity contribution in [3.05, 3.63) is 35.4 Å². The van der Waals surface area contributed by atoms with Crippen molar-refractivity contribution >= 4 is 5.78 Å². The molecule has 0 atom stereocenters. The molecule has 90 valence electrons. The first-order valence-corrected chi connectivity index (χ1v) is 5.04. The summed E-state index contributed by atoms with van der Waals surface area (Å²) in [6.45, 7) is 3.42. The van der Waals surface area contributed by atoms with Gasteiger partial charge >= 0.3 is 6.18 Å². The van der Waals surface area contributed by atoms with Gasteiger partial charge in [0, 0.05) is 11.5 Å². The summed E-state index contributed by atoms with van der Waals surface area (Å²) in [6, 6.07) is 4.40. The zero-order chi connectivity index (χ0) is 13.1. The van der Waals surface area contributed by atoms with Crippen LogP contribution in [0.3, 0.4) is 0 Å². The smallest absolute Gasteiger partial charge is 0.285 e. The lowest BCUT2D eigenvalue weighted by atomic mass is 10.1. The van der Waals surface area contributed by atoms with Crippen LogP contribution >= 0.6 is 0 Å². The molecule has 4 heteroatoms. The average Bonchev–Trinajstić information content (AvgIpc) is 2.25. The normalized spacial score (nSPS) is 10.9. The quantitative estimate of drug-likeness (QED) is 0.688. The lowest BCUT2D eigenvalue weighted by Crippen LogP contribution is -2.04. The Kier molecular flexibility index (Phi) is 3.95. The Bertz CT molecular complexity index is 458. The van der Waals surface area contributed by atoms with E-state index in [1.54, 1.807) is 13.8 Å². The van der Waals surface area contributed by atoms with Crippen LogP contribution in [0.15, 0.2) is 24.3 Å². The van der Waals surface area contributed by atoms with Crippen LogP contribution in [0.1, 0.15) is 25.0 Å². The Hall–Kier alpha value is -1.76. The number of Topliss-reactive ketones (excluding diaryl/α,β-unsaturated/α-hetero) is 1. The predicted molar refractivity (Wildman–Crippen MR) is 58.2 cm³/mol. The van der Waals surface area contributed by atoms with Gasteiger partial charge in [0.05, 0.1) is 5.56 Å². The lowest BCUT2D eigenvalue weighted by Gasteiger charge is -2.05. The maximum atomic E-state index is 12.2. The molecule has 0 spiro atoms. The van der Waals surface area contributed by atoms with E-state index in [0.717, 1.165) is 12.1 Å². The standard InChI is InChI=1S/C13H11F3O/c1-9(2)12(17)8-5-10-3-6-11(7-4-10)13(14,15)16/h3-4,6-7,9H,1-2H3. The van der Waals surface area contributed by atoms with E-state index in [1.165, 1.54) is 12.1 Å². The number of rotatable bonds is 1. The Balaban J connectivity index is 2.86. The third-order valence-corrected chi connectivity index (χ3v) is 2.07. The van der Waals surface area contributed by atoms with Crippen LogP contribution in [0.5, 0.6) is 0 Å². The van der Waals surface area contributed by atoms with E-state index in [9.17, 15) is 18.0 Å². The Labute approximate surface area is 97.6 Å². The van der Waals surface area contributed by atoms with Gasteiger partial charge in [-0.2, -0.15) is 13.2 Å². The lowest BCUT2D eigenvalue weighted by molar-refractivity contribution is -0.137. The van der Waals surface area contributed by atoms with Crippen molar-refractivity contribution in [1.29, 1.82) is 0 Å². The van der Waals surface area contributed by atoms with Gasteiger partial charge in [0.2, 0.25) is 5.78 Å². The van der Waals surface area contributed by atoms with Crippen molar-refractivity contribution in [3.63, 3.8) is 0 Å². The third-order valence-electron chi connectivity index (χ3n) is 2.07. The summed E-state index contributed by atoms with van der Waals surface area (Å²) in [5.74, 6) is 4.50. The number of ketones is 1. The number of hydrogen-bond donors (Lipinski definition) is 0. The molecule has 1 nitrogen and oxygen atoms in total. The van der Waals surface area contributed by atoms with Gasteiger partial charge in [-0.1, -0.05) is 19.8 Å². The highest BCUT2D eigenvalue weighted by Crippen LogP contribution is 2.28. The van der Waals surface area contributed by atoms with E-state index >= 15 is 0 Å². The van der Waals surface area contributed by atoms with Gasteiger partial charge in [0.15, 0.2) is 0 Å². The molecule has 17 heavy (non-hydrogen) atoms. The van der Waals surface area contributed by atoms with Crippen molar-refractivity contribution in [2.75, 3.05) is 0 Å². The van der Waals surface area contributed by atoms with Crippen molar-refractivity contribution in [1.82, 2.24) is 0 Å². The molecule has 0 N–H and O–H groups in total. The molecule has 0 fully saturated rings. The van der Waals surface area contributed by atoms with Gasteiger partial charge in [0.1, 0.15) is 0 Å². The van der Waals surface area contributed by atoms with Crippen LogP contribution in [0.25, 0.3) is 0 Å². The molecule has 0 heterocycles. The van der Waals surface area contributed by atoms with E-state index in [0.29, 0.717) is 5.56 Å². The monoisotopic (exact) mass is 240 g/mol. The molecule has 0 aliphatic rings. The van der Waals surface area contributed by atoms with Crippen molar-refractivity contribution < 1.29 is 18.0 Å². The van der Waals surface area contributed by atoms with Gasteiger partial charge in [0.25, 0.3) is 0 Å². The van der Waals surface area contributed by atoms with Crippen LogP contribution in [-0.4, -0.2) is 5.78 Å². The van der Waals surface area contributed by atoms with E-state index in [1.807, 2.05) is 0 Å². The molecule has 1 rings (SSSR count). The molecule has 1 aromatic carbocycles. The minimum absolute atomic E-state index is 0.197. The number of hydrogen-bond acceptors (Lipinski definition) is 1. The van der Waals surface area contributed by atoms with E-state index in [4.69, 9.17) is 0 Å². The number of halogens is 3. The Morgan fingerprint density at radius 1 is 1.18 bits per heavy atom. The number of carbonyl (C=O) groups excluding carboxylic acids is 1. The number of alkyl halides is 3. The van der Waals surface area contributed by atoms with Gasteiger partial charge in [-0.25, -0.2) is 0 Å². The molecular formula is C13H11F3O. The van der Waals surface area contributed by atoms with Crippen LogP contribution in [0.2, 0.25) is 0 Å². The maximum absolute atomic E-state index is 12.2. The van der Waals surface area contributed by atoms with Crippen molar-refractivity contribution in [3.8, 4) is 11.8 Å². The van der Waals surface area contributed by atoms with E-state index in [2.05, 4.69) is 11.8 Å². The van der Waals surface area contributed by atoms with Gasteiger partial charge in [-0.3, -0.25) is 4.79 Å². The molecule has 0 radical (unpaired) electrons. The SMILES string of the molecule is CC(C)C(=O)C#Cc1ccc(C(F)(F)F)cc1. The van der Waals surface area contributed by atoms with Crippen LogP contribution < -0.4 is 0 Å². The largest absolute Gasteiger partial charge is 0.416 e. The zero-order valence-corrected chi connectivity index (χ0v) is 9.43. The van der Waals surface area contributed by atoms with Gasteiger partial charge in [-0.05, 0) is 30.2 Å². The number of carbonyl (C=O) groups is 1. The predicted octanol–water partition coefficient (Wildman–Crippen LogP) is 3.28. The molecule has 0 saturated carbocycles. The minimum Gasteiger partial charge on any atom is -0.285 e. The molecule has 0 amide bonds. The molecule has 0 unspecified atom stereocenters. The Morgan fingerprint density at radius 3 is 2.12 bits per heavy atom. The fourth-order valence-corrected chi connectivity index (χ4v) is 1.02. The van der Waals surface area contributed by atoms with Crippen LogP contribution in [-0.2, 0) is 11.0 Å². The summed E-state index contributed by atoms with van der Waals surface area (Å²) < 4.78 is 36.7. The summed E-state index contributed by atoms with van der Waals surface area (Å²) in [7, 11) is 0. The molecule has 1 aromatic rings. The second-order valence-electron chi connectivity index (χ2n) is 3.84. The maximum Gasteiger partial charge on any atom is 0.416 e. The van der Waals surface area contributed by atoms with Crippen molar-refractivity contribution in [2.24, 2.45) is 5.92 Å². The van der Waals surface area contributed by atoms with Gasteiger partial charge in [-0.15, -0.1) is 0 Å². The van der Waals surface area contributed by atoms with Gasteiger partial charge < -0.3 is 0 Å². The Morgan fingerprint density at radius 2 is 1.71 bits per heavy atom. The zero-order valence-electron chi connectivity index (χ0n) is 9.43. The topological polar surface area (TPSA) is 17.1 Å². The summed E-state index contributed by atoms with van der Waals surface area (Å²) in [5, 5.41) is 0. The molecule has 0 saturated heterocycles. The second-order valence-corrected chi connectivity index (χ2v) is 3.84. The minimum atomic E-state index is -4.35. The molecule has 0 bridgehead atoms. The average molecular weight is 240 g/mol. The van der Waals surface area contributed by atoms with E-state index in [-0.39, 0.29) is 11.7 Å².